The van der Waals surface area contributed by atoms with Gasteiger partial charge >= 0.3 is 0 Å². The third kappa shape index (κ3) is 2.80. The van der Waals surface area contributed by atoms with E-state index in [0.717, 1.165) is 5.56 Å². The molecule has 0 spiro atoms. The minimum atomic E-state index is -1.33. The molecule has 166 valence electrons. The second-order valence-corrected chi connectivity index (χ2v) is 7.86. The molecule has 1 aromatic rings. The number of benzene rings is 1. The van der Waals surface area contributed by atoms with Gasteiger partial charge in [0, 0.05) is 26.1 Å². The van der Waals surface area contributed by atoms with E-state index in [1.54, 1.807) is 34.5 Å². The van der Waals surface area contributed by atoms with E-state index in [0.29, 0.717) is 29.2 Å². The van der Waals surface area contributed by atoms with Crippen molar-refractivity contribution in [2.24, 2.45) is 5.92 Å². The first-order chi connectivity index (χ1) is 14.3. The van der Waals surface area contributed by atoms with E-state index >= 15 is 0 Å². The Hall–Kier alpha value is -2.06. The molecule has 1 fully saturated rings. The van der Waals surface area contributed by atoms with Crippen molar-refractivity contribution in [1.29, 1.82) is 0 Å². The van der Waals surface area contributed by atoms with Crippen molar-refractivity contribution in [3.8, 4) is 17.2 Å². The third-order valence-electron chi connectivity index (χ3n) is 6.88. The average Bonchev–Trinajstić information content (AvgIpc) is 2.90. The summed E-state index contributed by atoms with van der Waals surface area (Å²) in [6.45, 7) is 5.78. The molecule has 2 aliphatic rings. The molecule has 0 amide bonds. The zero-order valence-electron chi connectivity index (χ0n) is 18.5. The maximum Gasteiger partial charge on any atom is 0.203 e. The molecule has 1 saturated carbocycles. The van der Waals surface area contributed by atoms with E-state index < -0.39 is 29.3 Å². The molecule has 0 saturated heterocycles. The molecule has 0 unspecified atom stereocenters. The van der Waals surface area contributed by atoms with Crippen LogP contribution < -0.4 is 14.2 Å². The largest absolute Gasteiger partial charge is 0.493 e. The van der Waals surface area contributed by atoms with Gasteiger partial charge in [0.2, 0.25) is 5.75 Å². The summed E-state index contributed by atoms with van der Waals surface area (Å²) < 4.78 is 28.4. The van der Waals surface area contributed by atoms with Gasteiger partial charge in [0.05, 0.1) is 21.3 Å². The van der Waals surface area contributed by atoms with Gasteiger partial charge in [0.1, 0.15) is 23.4 Å². The van der Waals surface area contributed by atoms with Gasteiger partial charge in [0.15, 0.2) is 11.5 Å². The number of fused-ring (bicyclic) bond motifs is 2. The van der Waals surface area contributed by atoms with Gasteiger partial charge in [-0.2, -0.15) is 0 Å². The standard InChI is InChI=1S/C23H32O7/c1-8-9-14-12-22(29-6)13(2)18(23(30-7,20(14)24)21(22)25)15-10-16(26-3)19(28-5)17(11-15)27-4/h8,10-13,18,20-21,24-25H,1,9H2,2-7H3/t13-,18+,20-,21-,22+,23+/m0/s1. The number of hydrogen-bond donors (Lipinski definition) is 2. The minimum absolute atomic E-state index is 0.239. The Bertz CT molecular complexity index is 810. The van der Waals surface area contributed by atoms with Crippen molar-refractivity contribution in [3.05, 3.63) is 42.0 Å². The first-order valence-electron chi connectivity index (χ1n) is 9.91. The topological polar surface area (TPSA) is 86.6 Å². The van der Waals surface area contributed by atoms with Crippen LogP contribution in [0.25, 0.3) is 0 Å². The summed E-state index contributed by atoms with van der Waals surface area (Å²) in [5.74, 6) is 0.775. The van der Waals surface area contributed by atoms with Gasteiger partial charge in [-0.3, -0.25) is 0 Å². The summed E-state index contributed by atoms with van der Waals surface area (Å²) in [6.07, 6.45) is 1.87. The summed E-state index contributed by atoms with van der Waals surface area (Å²) in [4.78, 5) is 0. The van der Waals surface area contributed by atoms with E-state index in [2.05, 4.69) is 6.58 Å². The van der Waals surface area contributed by atoms with E-state index in [1.807, 2.05) is 25.1 Å². The Morgan fingerprint density at radius 3 is 2.03 bits per heavy atom. The van der Waals surface area contributed by atoms with Gasteiger partial charge in [0.25, 0.3) is 0 Å². The third-order valence-corrected chi connectivity index (χ3v) is 6.88. The normalized spacial score (nSPS) is 35.0. The van der Waals surface area contributed by atoms with Crippen LogP contribution in [0.2, 0.25) is 0 Å². The van der Waals surface area contributed by atoms with Crippen molar-refractivity contribution in [1.82, 2.24) is 0 Å². The lowest BCUT2D eigenvalue weighted by molar-refractivity contribution is -0.188. The smallest absolute Gasteiger partial charge is 0.203 e. The molecule has 2 aliphatic carbocycles. The first kappa shape index (κ1) is 22.6. The van der Waals surface area contributed by atoms with E-state index in [1.165, 1.54) is 7.11 Å². The van der Waals surface area contributed by atoms with Crippen LogP contribution in [0.15, 0.2) is 36.4 Å². The number of hydrogen-bond acceptors (Lipinski definition) is 7. The fourth-order valence-electron chi connectivity index (χ4n) is 5.49. The van der Waals surface area contributed by atoms with E-state index in [4.69, 9.17) is 23.7 Å². The fraction of sp³-hybridized carbons (Fsp3) is 0.565. The average molecular weight is 421 g/mol. The van der Waals surface area contributed by atoms with Gasteiger partial charge in [-0.15, -0.1) is 6.58 Å². The number of aliphatic hydroxyl groups excluding tert-OH is 2. The van der Waals surface area contributed by atoms with Crippen LogP contribution in [0, 0.1) is 5.92 Å². The SMILES string of the molecule is C=CCC1=C[C@@]2(OC)[C@@H](C)[C@H](c3cc(OC)c(OC)c(OC)c3)[C@@](OC)([C@H]1O)[C@H]2O. The van der Waals surface area contributed by atoms with Gasteiger partial charge in [-0.1, -0.05) is 13.0 Å². The first-order valence-corrected chi connectivity index (χ1v) is 9.91. The number of allylic oxidation sites excluding steroid dienone is 1. The molecular weight excluding hydrogens is 388 g/mol. The minimum Gasteiger partial charge on any atom is -0.493 e. The fourth-order valence-corrected chi connectivity index (χ4v) is 5.49. The predicted octanol–water partition coefficient (Wildman–Crippen LogP) is 2.45. The summed E-state index contributed by atoms with van der Waals surface area (Å²) in [5, 5.41) is 22.8. The van der Waals surface area contributed by atoms with Gasteiger partial charge in [-0.25, -0.2) is 0 Å². The molecule has 3 rings (SSSR count). The Kier molecular flexibility index (Phi) is 6.20. The molecule has 30 heavy (non-hydrogen) atoms. The van der Waals surface area contributed by atoms with Gasteiger partial charge < -0.3 is 33.9 Å². The number of methoxy groups -OCH3 is 5. The maximum absolute atomic E-state index is 11.5. The second-order valence-electron chi connectivity index (χ2n) is 7.86. The van der Waals surface area contributed by atoms with Gasteiger partial charge in [-0.05, 0) is 35.8 Å². The lowest BCUT2D eigenvalue weighted by Crippen LogP contribution is -2.62. The van der Waals surface area contributed by atoms with Crippen LogP contribution in [-0.2, 0) is 9.47 Å². The summed E-state index contributed by atoms with van der Waals surface area (Å²) >= 11 is 0. The van der Waals surface area contributed by atoms with E-state index in [-0.39, 0.29) is 5.92 Å². The quantitative estimate of drug-likeness (QED) is 0.625. The highest BCUT2D eigenvalue weighted by Crippen LogP contribution is 2.62. The Morgan fingerprint density at radius 1 is 1.00 bits per heavy atom. The van der Waals surface area contributed by atoms with Crippen molar-refractivity contribution in [2.75, 3.05) is 35.5 Å². The Morgan fingerprint density at radius 2 is 1.60 bits per heavy atom. The molecule has 2 bridgehead atoms. The molecule has 0 radical (unpaired) electrons. The zero-order chi connectivity index (χ0) is 22.3. The van der Waals surface area contributed by atoms with Crippen molar-refractivity contribution in [2.45, 2.75) is 42.7 Å². The lowest BCUT2D eigenvalue weighted by Gasteiger charge is -2.46. The van der Waals surface area contributed by atoms with Crippen LogP contribution in [0.5, 0.6) is 17.2 Å². The molecule has 0 heterocycles. The van der Waals surface area contributed by atoms with Crippen molar-refractivity contribution >= 4 is 0 Å². The molecule has 6 atom stereocenters. The van der Waals surface area contributed by atoms with Crippen molar-refractivity contribution < 1.29 is 33.9 Å². The van der Waals surface area contributed by atoms with Crippen LogP contribution in [0.3, 0.4) is 0 Å². The Balaban J connectivity index is 2.28. The molecule has 7 heteroatoms. The van der Waals surface area contributed by atoms with Crippen LogP contribution in [-0.4, -0.2) is 69.2 Å². The predicted molar refractivity (Wildman–Crippen MR) is 112 cm³/mol. The highest BCUT2D eigenvalue weighted by Gasteiger charge is 2.72. The molecule has 0 aliphatic heterocycles. The summed E-state index contributed by atoms with van der Waals surface area (Å²) in [6, 6.07) is 3.67. The van der Waals surface area contributed by atoms with Crippen LogP contribution in [0.4, 0.5) is 0 Å². The number of rotatable bonds is 8. The number of aliphatic hydroxyl groups is 2. The molecule has 0 aromatic heterocycles. The molecular formula is C23H32O7. The van der Waals surface area contributed by atoms with Crippen molar-refractivity contribution in [3.63, 3.8) is 0 Å². The lowest BCUT2D eigenvalue weighted by atomic mass is 9.73. The highest BCUT2D eigenvalue weighted by molar-refractivity contribution is 5.56. The number of ether oxygens (including phenoxy) is 5. The summed E-state index contributed by atoms with van der Waals surface area (Å²) in [7, 11) is 7.71. The van der Waals surface area contributed by atoms with E-state index in [9.17, 15) is 10.2 Å². The zero-order valence-corrected chi connectivity index (χ0v) is 18.5. The second kappa shape index (κ2) is 8.23. The molecule has 2 N–H and O–H groups in total. The monoisotopic (exact) mass is 420 g/mol. The summed E-state index contributed by atoms with van der Waals surface area (Å²) in [5.41, 5.74) is -0.865. The maximum atomic E-state index is 11.5. The molecule has 7 nitrogen and oxygen atoms in total. The van der Waals surface area contributed by atoms with Crippen LogP contribution in [0.1, 0.15) is 24.8 Å². The molecule has 1 aromatic carbocycles. The highest BCUT2D eigenvalue weighted by atomic mass is 16.5. The Labute approximate surface area is 177 Å². The van der Waals surface area contributed by atoms with Crippen LogP contribution >= 0.6 is 0 Å².